The van der Waals surface area contributed by atoms with E-state index in [9.17, 15) is 4.79 Å². The van der Waals surface area contributed by atoms with Crippen molar-refractivity contribution in [2.45, 2.75) is 52.6 Å². The first-order valence-corrected chi connectivity index (χ1v) is 6.35. The fraction of sp³-hybridized carbons (Fsp3) is 0.923. The molecule has 0 aromatic carbocycles. The molecule has 1 unspecified atom stereocenters. The van der Waals surface area contributed by atoms with E-state index in [2.05, 4.69) is 6.92 Å². The topological polar surface area (TPSA) is 49.8 Å². The van der Waals surface area contributed by atoms with Crippen LogP contribution in [0.2, 0.25) is 0 Å². The maximum Gasteiger partial charge on any atom is 0.410 e. The Bertz CT molecular complexity index is 223. The van der Waals surface area contributed by atoms with Gasteiger partial charge in [-0.15, -0.1) is 0 Å². The number of carbonyl (C=O) groups excluding carboxylic acids is 1. The van der Waals surface area contributed by atoms with E-state index in [4.69, 9.17) is 9.84 Å². The zero-order chi connectivity index (χ0) is 13.5. The molecule has 0 spiro atoms. The lowest BCUT2D eigenvalue weighted by atomic mass is 9.99. The summed E-state index contributed by atoms with van der Waals surface area (Å²) >= 11 is 0. The first-order valence-electron chi connectivity index (χ1n) is 6.35. The molecule has 4 heteroatoms. The van der Waals surface area contributed by atoms with Gasteiger partial charge < -0.3 is 14.7 Å². The Balaban J connectivity index is 3.99. The number of hydrogen-bond acceptors (Lipinski definition) is 3. The average molecular weight is 245 g/mol. The Morgan fingerprint density at radius 2 is 1.94 bits per heavy atom. The van der Waals surface area contributed by atoms with Gasteiger partial charge in [0, 0.05) is 20.2 Å². The lowest BCUT2D eigenvalue weighted by Crippen LogP contribution is -2.35. The fourth-order valence-electron chi connectivity index (χ4n) is 1.54. The van der Waals surface area contributed by atoms with Crippen LogP contribution in [0.25, 0.3) is 0 Å². The van der Waals surface area contributed by atoms with E-state index in [1.807, 2.05) is 20.8 Å². The standard InChI is InChI=1S/C13H27NO3/c1-6-11(8-10-15)7-9-14(5)12(16)17-13(2,3)4/h11,15H,6-10H2,1-5H3. The minimum absolute atomic E-state index is 0.217. The van der Waals surface area contributed by atoms with Gasteiger partial charge in [0.15, 0.2) is 0 Å². The van der Waals surface area contributed by atoms with Gasteiger partial charge in [0.25, 0.3) is 0 Å². The molecule has 4 nitrogen and oxygen atoms in total. The van der Waals surface area contributed by atoms with Gasteiger partial charge in [-0.05, 0) is 39.5 Å². The lowest BCUT2D eigenvalue weighted by Gasteiger charge is -2.25. The van der Waals surface area contributed by atoms with E-state index in [0.29, 0.717) is 12.5 Å². The Morgan fingerprint density at radius 1 is 1.35 bits per heavy atom. The van der Waals surface area contributed by atoms with Gasteiger partial charge in [0.1, 0.15) is 5.60 Å². The molecule has 0 heterocycles. The summed E-state index contributed by atoms with van der Waals surface area (Å²) in [5.74, 6) is 0.477. The normalized spacial score (nSPS) is 13.3. The van der Waals surface area contributed by atoms with Crippen LogP contribution in [0.15, 0.2) is 0 Å². The Morgan fingerprint density at radius 3 is 2.35 bits per heavy atom. The number of amides is 1. The monoisotopic (exact) mass is 245 g/mol. The predicted octanol–water partition coefficient (Wildman–Crippen LogP) is 2.65. The second kappa shape index (κ2) is 7.54. The first kappa shape index (κ1) is 16.2. The minimum Gasteiger partial charge on any atom is -0.444 e. The van der Waals surface area contributed by atoms with Crippen molar-refractivity contribution in [3.8, 4) is 0 Å². The van der Waals surface area contributed by atoms with Gasteiger partial charge in [-0.1, -0.05) is 13.3 Å². The highest BCUT2D eigenvalue weighted by Gasteiger charge is 2.19. The van der Waals surface area contributed by atoms with E-state index in [1.54, 1.807) is 11.9 Å². The molecule has 0 saturated heterocycles. The average Bonchev–Trinajstić information content (AvgIpc) is 2.21. The van der Waals surface area contributed by atoms with Crippen molar-refractivity contribution in [2.75, 3.05) is 20.2 Å². The molecule has 0 radical (unpaired) electrons. The predicted molar refractivity (Wildman–Crippen MR) is 69.0 cm³/mol. The molecule has 0 aliphatic heterocycles. The highest BCUT2D eigenvalue weighted by atomic mass is 16.6. The van der Waals surface area contributed by atoms with Gasteiger partial charge in [-0.2, -0.15) is 0 Å². The maximum absolute atomic E-state index is 11.7. The molecular formula is C13H27NO3. The van der Waals surface area contributed by atoms with Gasteiger partial charge in [0.05, 0.1) is 0 Å². The fourth-order valence-corrected chi connectivity index (χ4v) is 1.54. The van der Waals surface area contributed by atoms with Crippen LogP contribution in [0.4, 0.5) is 4.79 Å². The van der Waals surface area contributed by atoms with Crippen molar-refractivity contribution in [3.63, 3.8) is 0 Å². The Hall–Kier alpha value is -0.770. The largest absolute Gasteiger partial charge is 0.444 e. The summed E-state index contributed by atoms with van der Waals surface area (Å²) in [6.07, 6.45) is 2.46. The highest BCUT2D eigenvalue weighted by Crippen LogP contribution is 2.14. The summed E-state index contributed by atoms with van der Waals surface area (Å²) in [6.45, 7) is 8.58. The second-order valence-electron chi connectivity index (χ2n) is 5.48. The molecular weight excluding hydrogens is 218 g/mol. The van der Waals surface area contributed by atoms with Crippen LogP contribution in [0.5, 0.6) is 0 Å². The number of aliphatic hydroxyl groups is 1. The number of rotatable bonds is 6. The minimum atomic E-state index is -0.444. The maximum atomic E-state index is 11.7. The third kappa shape index (κ3) is 8.02. The lowest BCUT2D eigenvalue weighted by molar-refractivity contribution is 0.0288. The molecule has 0 aromatic heterocycles. The third-order valence-corrected chi connectivity index (χ3v) is 2.69. The zero-order valence-corrected chi connectivity index (χ0v) is 11.8. The summed E-state index contributed by atoms with van der Waals surface area (Å²) in [7, 11) is 1.75. The molecule has 0 aliphatic carbocycles. The summed E-state index contributed by atoms with van der Waals surface area (Å²) in [4.78, 5) is 13.3. The van der Waals surface area contributed by atoms with Crippen LogP contribution in [0.1, 0.15) is 47.0 Å². The number of hydrogen-bond donors (Lipinski definition) is 1. The number of ether oxygens (including phenoxy) is 1. The van der Waals surface area contributed by atoms with Gasteiger partial charge in [0.2, 0.25) is 0 Å². The van der Waals surface area contributed by atoms with Gasteiger partial charge >= 0.3 is 6.09 Å². The molecule has 102 valence electrons. The van der Waals surface area contributed by atoms with Crippen LogP contribution in [0.3, 0.4) is 0 Å². The summed E-state index contributed by atoms with van der Waals surface area (Å²) < 4.78 is 5.26. The van der Waals surface area contributed by atoms with Crippen molar-refractivity contribution in [1.29, 1.82) is 0 Å². The van der Waals surface area contributed by atoms with Crippen molar-refractivity contribution in [2.24, 2.45) is 5.92 Å². The number of carbonyl (C=O) groups is 1. The van der Waals surface area contributed by atoms with Crippen LogP contribution >= 0.6 is 0 Å². The van der Waals surface area contributed by atoms with E-state index in [0.717, 1.165) is 19.3 Å². The van der Waals surface area contributed by atoms with Crippen molar-refractivity contribution < 1.29 is 14.6 Å². The molecule has 0 saturated carbocycles. The molecule has 1 N–H and O–H groups in total. The quantitative estimate of drug-likeness (QED) is 0.782. The summed E-state index contributed by atoms with van der Waals surface area (Å²) in [6, 6.07) is 0. The number of nitrogens with zero attached hydrogens (tertiary/aromatic N) is 1. The molecule has 17 heavy (non-hydrogen) atoms. The van der Waals surface area contributed by atoms with Crippen LogP contribution in [0, 0.1) is 5.92 Å². The Labute approximate surface area is 105 Å². The van der Waals surface area contributed by atoms with Crippen LogP contribution in [-0.2, 0) is 4.74 Å². The van der Waals surface area contributed by atoms with E-state index in [1.165, 1.54) is 0 Å². The molecule has 0 aliphatic rings. The first-order chi connectivity index (χ1) is 7.80. The van der Waals surface area contributed by atoms with Crippen molar-refractivity contribution >= 4 is 6.09 Å². The van der Waals surface area contributed by atoms with Crippen molar-refractivity contribution in [3.05, 3.63) is 0 Å². The zero-order valence-electron chi connectivity index (χ0n) is 11.8. The van der Waals surface area contributed by atoms with Gasteiger partial charge in [-0.3, -0.25) is 0 Å². The molecule has 1 amide bonds. The van der Waals surface area contributed by atoms with E-state index >= 15 is 0 Å². The third-order valence-electron chi connectivity index (χ3n) is 2.69. The van der Waals surface area contributed by atoms with Crippen molar-refractivity contribution in [1.82, 2.24) is 4.90 Å². The molecule has 0 bridgehead atoms. The van der Waals surface area contributed by atoms with Crippen LogP contribution < -0.4 is 0 Å². The summed E-state index contributed by atoms with van der Waals surface area (Å²) in [5, 5.41) is 8.89. The second-order valence-corrected chi connectivity index (χ2v) is 5.48. The van der Waals surface area contributed by atoms with E-state index in [-0.39, 0.29) is 12.7 Å². The summed E-state index contributed by atoms with van der Waals surface area (Å²) in [5.41, 5.74) is -0.444. The highest BCUT2D eigenvalue weighted by molar-refractivity contribution is 5.67. The SMILES string of the molecule is CCC(CCO)CCN(C)C(=O)OC(C)(C)C. The molecule has 0 aromatic rings. The van der Waals surface area contributed by atoms with E-state index < -0.39 is 5.60 Å². The van der Waals surface area contributed by atoms with Crippen LogP contribution in [-0.4, -0.2) is 41.9 Å². The number of aliphatic hydroxyl groups excluding tert-OH is 1. The van der Waals surface area contributed by atoms with Gasteiger partial charge in [-0.25, -0.2) is 4.79 Å². The Kier molecular flexibility index (Phi) is 7.19. The smallest absolute Gasteiger partial charge is 0.410 e. The molecule has 1 atom stereocenters. The molecule has 0 rings (SSSR count). The molecule has 0 fully saturated rings.